The van der Waals surface area contributed by atoms with Gasteiger partial charge in [0, 0.05) is 16.9 Å². The normalized spacial score (nSPS) is 10.6. The van der Waals surface area contributed by atoms with E-state index in [-0.39, 0.29) is 5.78 Å². The molecule has 4 heteroatoms. The van der Waals surface area contributed by atoms with E-state index in [0.717, 1.165) is 10.0 Å². The molecule has 1 heterocycles. The van der Waals surface area contributed by atoms with Gasteiger partial charge in [0.05, 0.1) is 6.20 Å². The highest BCUT2D eigenvalue weighted by atomic mass is 79.9. The molecule has 0 aliphatic rings. The lowest BCUT2D eigenvalue weighted by Crippen LogP contribution is -1.97. The summed E-state index contributed by atoms with van der Waals surface area (Å²) >= 11 is 3.37. The Morgan fingerprint density at radius 3 is 2.88 bits per heavy atom. The number of ketones is 1. The number of hydrogen-bond donors (Lipinski definition) is 0. The lowest BCUT2D eigenvalue weighted by atomic mass is 10.2. The van der Waals surface area contributed by atoms with Gasteiger partial charge in [-0.05, 0) is 23.8 Å². The quantitative estimate of drug-likeness (QED) is 0.644. The molecule has 0 unspecified atom stereocenters. The molecule has 0 saturated heterocycles. The smallest absolute Gasteiger partial charge is 0.205 e. The van der Waals surface area contributed by atoms with E-state index in [9.17, 15) is 4.79 Å². The van der Waals surface area contributed by atoms with Crippen LogP contribution >= 0.6 is 15.9 Å². The molecule has 0 N–H and O–H groups in total. The molecule has 3 nitrogen and oxygen atoms in total. The van der Waals surface area contributed by atoms with Gasteiger partial charge in [0.15, 0.2) is 0 Å². The SMILES string of the molecule is O=C(C=Cc1cccc(Br)c1)c1cnccn1. The zero-order valence-electron chi connectivity index (χ0n) is 8.88. The zero-order chi connectivity index (χ0) is 12.1. The molecule has 0 saturated carbocycles. The molecule has 0 amide bonds. The predicted molar refractivity (Wildman–Crippen MR) is 69.5 cm³/mol. The summed E-state index contributed by atoms with van der Waals surface area (Å²) in [5.41, 5.74) is 1.30. The fourth-order valence-electron chi connectivity index (χ4n) is 1.29. The second-order valence-corrected chi connectivity index (χ2v) is 4.26. The summed E-state index contributed by atoms with van der Waals surface area (Å²) in [6.07, 6.45) is 7.73. The van der Waals surface area contributed by atoms with Crippen molar-refractivity contribution in [2.75, 3.05) is 0 Å². The van der Waals surface area contributed by atoms with Crippen LogP contribution in [0.2, 0.25) is 0 Å². The maximum atomic E-state index is 11.7. The van der Waals surface area contributed by atoms with E-state index in [1.165, 1.54) is 24.7 Å². The van der Waals surface area contributed by atoms with Gasteiger partial charge in [-0.1, -0.05) is 34.1 Å². The number of carbonyl (C=O) groups excluding carboxylic acids is 1. The number of halogens is 1. The molecule has 0 aliphatic carbocycles. The fourth-order valence-corrected chi connectivity index (χ4v) is 1.71. The van der Waals surface area contributed by atoms with Crippen LogP contribution in [-0.4, -0.2) is 15.8 Å². The van der Waals surface area contributed by atoms with Crippen molar-refractivity contribution in [3.8, 4) is 0 Å². The summed E-state index contributed by atoms with van der Waals surface area (Å²) in [6.45, 7) is 0. The Kier molecular flexibility index (Phi) is 3.77. The molecule has 0 fully saturated rings. The monoisotopic (exact) mass is 288 g/mol. The van der Waals surface area contributed by atoms with Crippen LogP contribution in [-0.2, 0) is 0 Å². The molecule has 0 spiro atoms. The minimum Gasteiger partial charge on any atom is -0.287 e. The van der Waals surface area contributed by atoms with Crippen molar-refractivity contribution in [1.29, 1.82) is 0 Å². The zero-order valence-corrected chi connectivity index (χ0v) is 10.5. The number of hydrogen-bond acceptors (Lipinski definition) is 3. The Bertz CT molecular complexity index is 552. The molecule has 0 radical (unpaired) electrons. The summed E-state index contributed by atoms with van der Waals surface area (Å²) in [5.74, 6) is -0.155. The highest BCUT2D eigenvalue weighted by molar-refractivity contribution is 9.10. The van der Waals surface area contributed by atoms with Crippen molar-refractivity contribution in [2.24, 2.45) is 0 Å². The van der Waals surface area contributed by atoms with Gasteiger partial charge in [0.25, 0.3) is 0 Å². The Labute approximate surface area is 107 Å². The predicted octanol–water partition coefficient (Wildman–Crippen LogP) is 3.14. The second kappa shape index (κ2) is 5.50. The third kappa shape index (κ3) is 3.32. The van der Waals surface area contributed by atoms with Crippen LogP contribution in [0.1, 0.15) is 16.1 Å². The van der Waals surface area contributed by atoms with Gasteiger partial charge in [-0.15, -0.1) is 0 Å². The van der Waals surface area contributed by atoms with Gasteiger partial charge < -0.3 is 0 Å². The van der Waals surface area contributed by atoms with Gasteiger partial charge in [-0.25, -0.2) is 4.98 Å². The Morgan fingerprint density at radius 2 is 2.18 bits per heavy atom. The standard InChI is InChI=1S/C13H9BrN2O/c14-11-3-1-2-10(8-11)4-5-13(17)12-9-15-6-7-16-12/h1-9H. The molecule has 0 bridgehead atoms. The number of rotatable bonds is 3. The minimum absolute atomic E-state index is 0.155. The van der Waals surface area contributed by atoms with Gasteiger partial charge >= 0.3 is 0 Å². The summed E-state index contributed by atoms with van der Waals surface area (Å²) in [4.78, 5) is 19.5. The maximum absolute atomic E-state index is 11.7. The van der Waals surface area contributed by atoms with E-state index >= 15 is 0 Å². The first-order valence-electron chi connectivity index (χ1n) is 5.00. The van der Waals surface area contributed by atoms with Crippen LogP contribution in [0.15, 0.2) is 53.4 Å². The number of carbonyl (C=O) groups is 1. The average Bonchev–Trinajstić information content (AvgIpc) is 2.37. The van der Waals surface area contributed by atoms with Gasteiger partial charge in [-0.3, -0.25) is 9.78 Å². The molecular formula is C13H9BrN2O. The van der Waals surface area contributed by atoms with Gasteiger partial charge in [0.1, 0.15) is 5.69 Å². The molecule has 1 aromatic heterocycles. The first-order chi connectivity index (χ1) is 8.25. The number of allylic oxidation sites excluding steroid dienone is 1. The molecule has 1 aromatic carbocycles. The second-order valence-electron chi connectivity index (χ2n) is 3.34. The molecule has 2 aromatic rings. The molecule has 0 atom stereocenters. The Balaban J connectivity index is 2.14. The highest BCUT2D eigenvalue weighted by Gasteiger charge is 2.01. The largest absolute Gasteiger partial charge is 0.287 e. The minimum atomic E-state index is -0.155. The molecule has 0 aliphatic heterocycles. The summed E-state index contributed by atoms with van der Waals surface area (Å²) in [7, 11) is 0. The van der Waals surface area contributed by atoms with E-state index in [2.05, 4.69) is 25.9 Å². The van der Waals surface area contributed by atoms with E-state index in [1.807, 2.05) is 24.3 Å². The number of nitrogens with zero attached hydrogens (tertiary/aromatic N) is 2. The van der Waals surface area contributed by atoms with Crippen LogP contribution < -0.4 is 0 Å². The highest BCUT2D eigenvalue weighted by Crippen LogP contribution is 2.12. The van der Waals surface area contributed by atoms with Crippen molar-refractivity contribution in [3.05, 3.63) is 64.7 Å². The van der Waals surface area contributed by atoms with Crippen LogP contribution in [0.25, 0.3) is 6.08 Å². The van der Waals surface area contributed by atoms with E-state index < -0.39 is 0 Å². The molecule has 84 valence electrons. The molecule has 17 heavy (non-hydrogen) atoms. The first-order valence-corrected chi connectivity index (χ1v) is 5.79. The number of benzene rings is 1. The van der Waals surface area contributed by atoms with Crippen LogP contribution in [0.3, 0.4) is 0 Å². The summed E-state index contributed by atoms with van der Waals surface area (Å²) in [6, 6.07) is 7.70. The summed E-state index contributed by atoms with van der Waals surface area (Å²) < 4.78 is 0.978. The topological polar surface area (TPSA) is 42.9 Å². The van der Waals surface area contributed by atoms with Crippen molar-refractivity contribution >= 4 is 27.8 Å². The maximum Gasteiger partial charge on any atom is 0.205 e. The fraction of sp³-hybridized carbons (Fsp3) is 0. The first kappa shape index (κ1) is 11.7. The molecule has 2 rings (SSSR count). The molecular weight excluding hydrogens is 280 g/mol. The Morgan fingerprint density at radius 1 is 1.29 bits per heavy atom. The summed E-state index contributed by atoms with van der Waals surface area (Å²) in [5, 5.41) is 0. The average molecular weight is 289 g/mol. The van der Waals surface area contributed by atoms with Crippen LogP contribution in [0.5, 0.6) is 0 Å². The Hall–Kier alpha value is -1.81. The van der Waals surface area contributed by atoms with E-state index in [1.54, 1.807) is 6.08 Å². The lowest BCUT2D eigenvalue weighted by molar-refractivity contribution is 0.104. The number of aromatic nitrogens is 2. The third-order valence-corrected chi connectivity index (χ3v) is 2.58. The van der Waals surface area contributed by atoms with Crippen molar-refractivity contribution in [3.63, 3.8) is 0 Å². The van der Waals surface area contributed by atoms with Crippen molar-refractivity contribution < 1.29 is 4.79 Å². The van der Waals surface area contributed by atoms with Crippen LogP contribution in [0, 0.1) is 0 Å². The van der Waals surface area contributed by atoms with E-state index in [0.29, 0.717) is 5.69 Å². The van der Waals surface area contributed by atoms with Crippen molar-refractivity contribution in [1.82, 2.24) is 9.97 Å². The van der Waals surface area contributed by atoms with E-state index in [4.69, 9.17) is 0 Å². The van der Waals surface area contributed by atoms with Crippen LogP contribution in [0.4, 0.5) is 0 Å². The van der Waals surface area contributed by atoms with Gasteiger partial charge in [-0.2, -0.15) is 0 Å². The third-order valence-electron chi connectivity index (χ3n) is 2.09. The van der Waals surface area contributed by atoms with Crippen molar-refractivity contribution in [2.45, 2.75) is 0 Å². The van der Waals surface area contributed by atoms with Gasteiger partial charge in [0.2, 0.25) is 5.78 Å². The lowest BCUT2D eigenvalue weighted by Gasteiger charge is -1.95.